The SMILES string of the molecule is COc1ccc(-c2nc(Cn3cc(C(C)=O)c(C)n3)no2)cc1. The number of carbonyl (C=O) groups is 1. The first-order chi connectivity index (χ1) is 11.1. The van der Waals surface area contributed by atoms with Crippen LogP contribution in [-0.4, -0.2) is 32.8 Å². The van der Waals surface area contributed by atoms with Gasteiger partial charge in [-0.25, -0.2) is 0 Å². The Morgan fingerprint density at radius 3 is 2.65 bits per heavy atom. The lowest BCUT2D eigenvalue weighted by Crippen LogP contribution is -2.02. The van der Waals surface area contributed by atoms with Crippen LogP contribution in [0.3, 0.4) is 0 Å². The van der Waals surface area contributed by atoms with E-state index in [-0.39, 0.29) is 5.78 Å². The number of benzene rings is 1. The van der Waals surface area contributed by atoms with Gasteiger partial charge in [0, 0.05) is 11.8 Å². The molecular weight excluding hydrogens is 296 g/mol. The number of hydrogen-bond donors (Lipinski definition) is 0. The van der Waals surface area contributed by atoms with E-state index in [1.54, 1.807) is 24.9 Å². The third-order valence-electron chi connectivity index (χ3n) is 3.43. The summed E-state index contributed by atoms with van der Waals surface area (Å²) in [5.74, 6) is 1.67. The summed E-state index contributed by atoms with van der Waals surface area (Å²) in [6, 6.07) is 7.36. The minimum atomic E-state index is -0.0132. The Labute approximate surface area is 132 Å². The molecule has 2 heterocycles. The van der Waals surface area contributed by atoms with E-state index in [9.17, 15) is 4.79 Å². The van der Waals surface area contributed by atoms with E-state index in [2.05, 4.69) is 15.2 Å². The maximum Gasteiger partial charge on any atom is 0.257 e. The third-order valence-corrected chi connectivity index (χ3v) is 3.43. The van der Waals surface area contributed by atoms with Gasteiger partial charge in [0.2, 0.25) is 0 Å². The van der Waals surface area contributed by atoms with E-state index in [4.69, 9.17) is 9.26 Å². The van der Waals surface area contributed by atoms with Crippen molar-refractivity contribution in [3.05, 3.63) is 47.5 Å². The lowest BCUT2D eigenvalue weighted by molar-refractivity contribution is 0.101. The normalized spacial score (nSPS) is 10.7. The summed E-state index contributed by atoms with van der Waals surface area (Å²) in [6.45, 7) is 3.66. The summed E-state index contributed by atoms with van der Waals surface area (Å²) in [6.07, 6.45) is 1.70. The van der Waals surface area contributed by atoms with Gasteiger partial charge in [0.25, 0.3) is 5.89 Å². The zero-order valence-electron chi connectivity index (χ0n) is 13.1. The fourth-order valence-electron chi connectivity index (χ4n) is 2.26. The van der Waals surface area contributed by atoms with Crippen molar-refractivity contribution in [1.29, 1.82) is 0 Å². The van der Waals surface area contributed by atoms with Crippen LogP contribution >= 0.6 is 0 Å². The molecule has 2 aromatic heterocycles. The van der Waals surface area contributed by atoms with E-state index in [1.165, 1.54) is 6.92 Å². The Bertz CT molecular complexity index is 833. The molecule has 118 valence electrons. The van der Waals surface area contributed by atoms with E-state index in [0.29, 0.717) is 29.5 Å². The molecule has 0 fully saturated rings. The summed E-state index contributed by atoms with van der Waals surface area (Å²) in [5.41, 5.74) is 2.10. The number of nitrogens with zero attached hydrogens (tertiary/aromatic N) is 4. The van der Waals surface area contributed by atoms with E-state index in [1.807, 2.05) is 24.3 Å². The summed E-state index contributed by atoms with van der Waals surface area (Å²) in [7, 11) is 1.61. The fourth-order valence-corrected chi connectivity index (χ4v) is 2.26. The Kier molecular flexibility index (Phi) is 3.92. The van der Waals surface area contributed by atoms with Gasteiger partial charge in [0.1, 0.15) is 12.3 Å². The minimum absolute atomic E-state index is 0.0132. The third kappa shape index (κ3) is 3.13. The van der Waals surface area contributed by atoms with E-state index >= 15 is 0 Å². The largest absolute Gasteiger partial charge is 0.497 e. The van der Waals surface area contributed by atoms with Gasteiger partial charge in [-0.05, 0) is 38.1 Å². The molecule has 0 bridgehead atoms. The molecule has 0 N–H and O–H groups in total. The van der Waals surface area contributed by atoms with Gasteiger partial charge < -0.3 is 9.26 Å². The van der Waals surface area contributed by atoms with Crippen LogP contribution in [0.4, 0.5) is 0 Å². The molecule has 3 aromatic rings. The predicted octanol–water partition coefficient (Wildman–Crippen LogP) is 2.50. The molecule has 0 unspecified atom stereocenters. The van der Waals surface area contributed by atoms with Gasteiger partial charge in [-0.3, -0.25) is 9.48 Å². The van der Waals surface area contributed by atoms with Crippen molar-refractivity contribution in [2.45, 2.75) is 20.4 Å². The van der Waals surface area contributed by atoms with Crippen LogP contribution in [0, 0.1) is 6.92 Å². The maximum absolute atomic E-state index is 11.5. The van der Waals surface area contributed by atoms with Crippen molar-refractivity contribution in [2.24, 2.45) is 0 Å². The van der Waals surface area contributed by atoms with Crippen LogP contribution in [0.15, 0.2) is 35.0 Å². The molecule has 0 spiro atoms. The second-order valence-corrected chi connectivity index (χ2v) is 5.13. The number of aromatic nitrogens is 4. The molecule has 0 aliphatic heterocycles. The molecule has 0 aliphatic carbocycles. The van der Waals surface area contributed by atoms with Crippen LogP contribution < -0.4 is 4.74 Å². The Hall–Kier alpha value is -2.96. The number of ether oxygens (including phenoxy) is 1. The molecule has 23 heavy (non-hydrogen) atoms. The molecule has 7 nitrogen and oxygen atoms in total. The lowest BCUT2D eigenvalue weighted by Gasteiger charge is -1.98. The number of aryl methyl sites for hydroxylation is 1. The number of hydrogen-bond acceptors (Lipinski definition) is 6. The highest BCUT2D eigenvalue weighted by Crippen LogP contribution is 2.20. The van der Waals surface area contributed by atoms with Crippen LogP contribution in [-0.2, 0) is 6.54 Å². The zero-order valence-corrected chi connectivity index (χ0v) is 13.1. The van der Waals surface area contributed by atoms with Gasteiger partial charge in [0.05, 0.1) is 18.4 Å². The van der Waals surface area contributed by atoms with Crippen LogP contribution in [0.1, 0.15) is 28.8 Å². The molecular formula is C16H16N4O3. The van der Waals surface area contributed by atoms with Crippen molar-refractivity contribution < 1.29 is 14.1 Å². The molecule has 0 saturated carbocycles. The Morgan fingerprint density at radius 1 is 1.30 bits per heavy atom. The first-order valence-electron chi connectivity index (χ1n) is 7.09. The standard InChI is InChI=1S/C16H16N4O3/c1-10-14(11(2)21)8-20(18-10)9-15-17-16(23-19-15)12-4-6-13(22-3)7-5-12/h4-8H,9H2,1-3H3. The van der Waals surface area contributed by atoms with Crippen molar-refractivity contribution in [1.82, 2.24) is 19.9 Å². The maximum atomic E-state index is 11.5. The average molecular weight is 312 g/mol. The van der Waals surface area contributed by atoms with Gasteiger partial charge >= 0.3 is 0 Å². The molecule has 0 aliphatic rings. The van der Waals surface area contributed by atoms with Gasteiger partial charge in [0.15, 0.2) is 11.6 Å². The molecule has 3 rings (SSSR count). The molecule has 7 heteroatoms. The van der Waals surface area contributed by atoms with E-state index in [0.717, 1.165) is 11.3 Å². The number of ketones is 1. The van der Waals surface area contributed by atoms with Crippen molar-refractivity contribution in [3.63, 3.8) is 0 Å². The first kappa shape index (κ1) is 15.0. The van der Waals surface area contributed by atoms with Crippen molar-refractivity contribution in [3.8, 4) is 17.2 Å². The second kappa shape index (κ2) is 6.04. The highest BCUT2D eigenvalue weighted by atomic mass is 16.5. The average Bonchev–Trinajstić information content (AvgIpc) is 3.14. The molecule has 0 atom stereocenters. The lowest BCUT2D eigenvalue weighted by atomic mass is 10.2. The van der Waals surface area contributed by atoms with Crippen LogP contribution in [0.25, 0.3) is 11.5 Å². The monoisotopic (exact) mass is 312 g/mol. The molecule has 0 saturated heterocycles. The van der Waals surface area contributed by atoms with Crippen LogP contribution in [0.5, 0.6) is 5.75 Å². The topological polar surface area (TPSA) is 83.0 Å². The Morgan fingerprint density at radius 2 is 2.04 bits per heavy atom. The number of methoxy groups -OCH3 is 1. The second-order valence-electron chi connectivity index (χ2n) is 5.13. The number of rotatable bonds is 5. The van der Waals surface area contributed by atoms with E-state index < -0.39 is 0 Å². The summed E-state index contributed by atoms with van der Waals surface area (Å²) >= 11 is 0. The highest BCUT2D eigenvalue weighted by molar-refractivity contribution is 5.94. The molecule has 0 radical (unpaired) electrons. The molecule has 0 amide bonds. The van der Waals surface area contributed by atoms with Crippen molar-refractivity contribution in [2.75, 3.05) is 7.11 Å². The van der Waals surface area contributed by atoms with Gasteiger partial charge in [-0.2, -0.15) is 10.1 Å². The van der Waals surface area contributed by atoms with Gasteiger partial charge in [-0.15, -0.1) is 0 Å². The minimum Gasteiger partial charge on any atom is -0.497 e. The fraction of sp³-hybridized carbons (Fsp3) is 0.250. The summed E-state index contributed by atoms with van der Waals surface area (Å²) < 4.78 is 12.0. The summed E-state index contributed by atoms with van der Waals surface area (Å²) in [5, 5.41) is 8.24. The first-order valence-corrected chi connectivity index (χ1v) is 7.09. The Balaban J connectivity index is 1.79. The number of carbonyl (C=O) groups excluding carboxylic acids is 1. The van der Waals surface area contributed by atoms with Crippen molar-refractivity contribution >= 4 is 5.78 Å². The highest BCUT2D eigenvalue weighted by Gasteiger charge is 2.13. The smallest absolute Gasteiger partial charge is 0.257 e. The zero-order chi connectivity index (χ0) is 16.4. The number of Topliss-reactive ketones (excluding diaryl/α,β-unsaturated/α-hetero) is 1. The molecule has 1 aromatic carbocycles. The predicted molar refractivity (Wildman–Crippen MR) is 82.4 cm³/mol. The van der Waals surface area contributed by atoms with Crippen LogP contribution in [0.2, 0.25) is 0 Å². The quantitative estimate of drug-likeness (QED) is 0.673. The van der Waals surface area contributed by atoms with Gasteiger partial charge in [-0.1, -0.05) is 5.16 Å². The summed E-state index contributed by atoms with van der Waals surface area (Å²) in [4.78, 5) is 15.8.